The molecule has 30 heavy (non-hydrogen) atoms. The van der Waals surface area contributed by atoms with E-state index in [9.17, 15) is 0 Å². The summed E-state index contributed by atoms with van der Waals surface area (Å²) in [5.41, 5.74) is 4.74. The number of hydrogen-bond donors (Lipinski definition) is 0. The van der Waals surface area contributed by atoms with E-state index in [1.165, 1.54) is 28.8 Å². The lowest BCUT2D eigenvalue weighted by Crippen LogP contribution is -2.03. The number of aryl methyl sites for hydroxylation is 3. The van der Waals surface area contributed by atoms with Gasteiger partial charge in [0.25, 0.3) is 0 Å². The molecule has 0 N–H and O–H groups in total. The topological polar surface area (TPSA) is 44.2 Å². The fourth-order valence-electron chi connectivity index (χ4n) is 3.93. The molecule has 2 heterocycles. The average Bonchev–Trinajstić information content (AvgIpc) is 3.17. The lowest BCUT2D eigenvalue weighted by molar-refractivity contribution is 0.298. The summed E-state index contributed by atoms with van der Waals surface area (Å²) in [6.07, 6.45) is 4.68. The molecule has 1 aliphatic carbocycles. The quantitative estimate of drug-likeness (QED) is 0.392. The van der Waals surface area contributed by atoms with Gasteiger partial charge < -0.3 is 9.47 Å². The Bertz CT molecular complexity index is 1180. The first-order chi connectivity index (χ1) is 14.7. The van der Waals surface area contributed by atoms with Crippen molar-refractivity contribution in [1.82, 2.24) is 9.97 Å². The highest BCUT2D eigenvalue weighted by Crippen LogP contribution is 2.40. The molecule has 0 saturated carbocycles. The Morgan fingerprint density at radius 1 is 0.933 bits per heavy atom. The van der Waals surface area contributed by atoms with Gasteiger partial charge >= 0.3 is 0 Å². The number of hydrogen-bond acceptors (Lipinski definition) is 5. The molecular weight excluding hydrogens is 392 g/mol. The van der Waals surface area contributed by atoms with E-state index in [2.05, 4.69) is 31.2 Å². The van der Waals surface area contributed by atoms with Gasteiger partial charge in [-0.15, -0.1) is 11.3 Å². The number of thiophene rings is 1. The van der Waals surface area contributed by atoms with Crippen LogP contribution in [0.15, 0.2) is 48.5 Å². The van der Waals surface area contributed by atoms with Gasteiger partial charge in [-0.2, -0.15) is 4.98 Å². The lowest BCUT2D eigenvalue weighted by atomic mass is 9.97. The van der Waals surface area contributed by atoms with Gasteiger partial charge in [-0.3, -0.25) is 0 Å². The zero-order valence-electron chi connectivity index (χ0n) is 17.3. The summed E-state index contributed by atoms with van der Waals surface area (Å²) < 4.78 is 11.6. The second-order valence-corrected chi connectivity index (χ2v) is 8.83. The van der Waals surface area contributed by atoms with Crippen molar-refractivity contribution in [2.24, 2.45) is 0 Å². The molecule has 0 aliphatic heterocycles. The van der Waals surface area contributed by atoms with Crippen LogP contribution in [-0.4, -0.2) is 17.1 Å². The number of rotatable bonds is 5. The van der Waals surface area contributed by atoms with Gasteiger partial charge in [-0.25, -0.2) is 4.98 Å². The van der Waals surface area contributed by atoms with E-state index in [1.807, 2.05) is 24.3 Å². The number of fused-ring (bicyclic) bond motifs is 3. The third-order valence-electron chi connectivity index (χ3n) is 5.63. The summed E-state index contributed by atoms with van der Waals surface area (Å²) in [6.45, 7) is 2.59. The first-order valence-electron chi connectivity index (χ1n) is 10.4. The van der Waals surface area contributed by atoms with Crippen LogP contribution in [0.1, 0.15) is 34.4 Å². The Morgan fingerprint density at radius 2 is 1.70 bits per heavy atom. The predicted octanol–water partition coefficient (Wildman–Crippen LogP) is 6.13. The largest absolute Gasteiger partial charge is 0.497 e. The fraction of sp³-hybridized carbons (Fsp3) is 0.280. The van der Waals surface area contributed by atoms with Crippen LogP contribution in [0.4, 0.5) is 0 Å². The minimum atomic E-state index is 0.499. The number of aromatic nitrogens is 2. The molecule has 1 aliphatic rings. The minimum Gasteiger partial charge on any atom is -0.497 e. The second-order valence-electron chi connectivity index (χ2n) is 7.75. The molecule has 0 saturated heterocycles. The highest BCUT2D eigenvalue weighted by Gasteiger charge is 2.22. The van der Waals surface area contributed by atoms with Crippen LogP contribution in [0.2, 0.25) is 0 Å². The molecule has 2 aromatic carbocycles. The third-order valence-corrected chi connectivity index (χ3v) is 6.81. The molecule has 0 amide bonds. The van der Waals surface area contributed by atoms with E-state index in [4.69, 9.17) is 19.4 Å². The van der Waals surface area contributed by atoms with Crippen LogP contribution in [0.5, 0.6) is 11.6 Å². The van der Waals surface area contributed by atoms with E-state index in [-0.39, 0.29) is 0 Å². The van der Waals surface area contributed by atoms with E-state index >= 15 is 0 Å². The molecule has 0 spiro atoms. The SMILES string of the molecule is COc1ccc(-c2nc(OCc3ccc(C)cc3)c3c4c(sc3n2)CCCC4)cc1. The summed E-state index contributed by atoms with van der Waals surface area (Å²) in [4.78, 5) is 12.3. The maximum absolute atomic E-state index is 6.31. The Balaban J connectivity index is 1.57. The number of methoxy groups -OCH3 is 1. The van der Waals surface area contributed by atoms with Crippen LogP contribution < -0.4 is 9.47 Å². The maximum atomic E-state index is 6.31. The zero-order chi connectivity index (χ0) is 20.5. The summed E-state index contributed by atoms with van der Waals surface area (Å²) in [6, 6.07) is 16.3. The first kappa shape index (κ1) is 19.1. The summed E-state index contributed by atoms with van der Waals surface area (Å²) >= 11 is 1.80. The number of ether oxygens (including phenoxy) is 2. The predicted molar refractivity (Wildman–Crippen MR) is 122 cm³/mol. The molecule has 4 aromatic rings. The molecule has 5 heteroatoms. The fourth-order valence-corrected chi connectivity index (χ4v) is 5.19. The van der Waals surface area contributed by atoms with Crippen molar-refractivity contribution in [3.63, 3.8) is 0 Å². The highest BCUT2D eigenvalue weighted by molar-refractivity contribution is 7.18. The maximum Gasteiger partial charge on any atom is 0.226 e. The van der Waals surface area contributed by atoms with Crippen molar-refractivity contribution in [3.05, 3.63) is 70.1 Å². The summed E-state index contributed by atoms with van der Waals surface area (Å²) in [5, 5.41) is 1.11. The molecule has 4 nitrogen and oxygen atoms in total. The summed E-state index contributed by atoms with van der Waals surface area (Å²) in [5.74, 6) is 2.22. The van der Waals surface area contributed by atoms with Crippen LogP contribution in [0.25, 0.3) is 21.6 Å². The van der Waals surface area contributed by atoms with Gasteiger partial charge in [0.15, 0.2) is 5.82 Å². The Labute approximate surface area is 180 Å². The first-order valence-corrected chi connectivity index (χ1v) is 11.2. The van der Waals surface area contributed by atoms with Gasteiger partial charge in [0.05, 0.1) is 12.5 Å². The smallest absolute Gasteiger partial charge is 0.226 e. The lowest BCUT2D eigenvalue weighted by Gasteiger charge is -2.13. The van der Waals surface area contributed by atoms with Gasteiger partial charge in [0.1, 0.15) is 17.2 Å². The number of benzene rings is 2. The third kappa shape index (κ3) is 3.65. The van der Waals surface area contributed by atoms with Gasteiger partial charge in [0, 0.05) is 10.4 Å². The van der Waals surface area contributed by atoms with Crippen molar-refractivity contribution >= 4 is 21.6 Å². The molecular formula is C25H24N2O2S. The molecule has 0 atom stereocenters. The van der Waals surface area contributed by atoms with Crippen molar-refractivity contribution in [2.45, 2.75) is 39.2 Å². The Hall–Kier alpha value is -2.92. The molecule has 0 bridgehead atoms. The van der Waals surface area contributed by atoms with Crippen molar-refractivity contribution in [2.75, 3.05) is 7.11 Å². The average molecular weight is 417 g/mol. The minimum absolute atomic E-state index is 0.499. The molecule has 152 valence electrons. The van der Waals surface area contributed by atoms with E-state index in [1.54, 1.807) is 18.4 Å². The molecule has 0 radical (unpaired) electrons. The van der Waals surface area contributed by atoms with Gasteiger partial charge in [-0.05, 0) is 68.0 Å². The van der Waals surface area contributed by atoms with Crippen LogP contribution >= 0.6 is 11.3 Å². The zero-order valence-corrected chi connectivity index (χ0v) is 18.1. The highest BCUT2D eigenvalue weighted by atomic mass is 32.1. The van der Waals surface area contributed by atoms with E-state index in [0.29, 0.717) is 18.3 Å². The van der Waals surface area contributed by atoms with E-state index in [0.717, 1.165) is 39.9 Å². The van der Waals surface area contributed by atoms with Gasteiger partial charge in [-0.1, -0.05) is 29.8 Å². The molecule has 2 aromatic heterocycles. The number of nitrogens with zero attached hydrogens (tertiary/aromatic N) is 2. The Kier molecular flexibility index (Phi) is 5.13. The van der Waals surface area contributed by atoms with Crippen LogP contribution in [0, 0.1) is 6.92 Å². The summed E-state index contributed by atoms with van der Waals surface area (Å²) in [7, 11) is 1.67. The molecule has 0 fully saturated rings. The van der Waals surface area contributed by atoms with Crippen molar-refractivity contribution < 1.29 is 9.47 Å². The molecule has 0 unspecified atom stereocenters. The molecule has 5 rings (SSSR count). The van der Waals surface area contributed by atoms with E-state index < -0.39 is 0 Å². The normalized spacial score (nSPS) is 13.3. The van der Waals surface area contributed by atoms with Gasteiger partial charge in [0.2, 0.25) is 5.88 Å². The monoisotopic (exact) mass is 416 g/mol. The van der Waals surface area contributed by atoms with Crippen molar-refractivity contribution in [3.8, 4) is 23.0 Å². The standard InChI is InChI=1S/C25H24N2O2S/c1-16-7-9-17(10-8-16)15-29-24-22-20-5-3-4-6-21(20)30-25(22)27-23(26-24)18-11-13-19(28-2)14-12-18/h7-14H,3-6,15H2,1-2H3. The van der Waals surface area contributed by atoms with Crippen molar-refractivity contribution in [1.29, 1.82) is 0 Å². The van der Waals surface area contributed by atoms with Crippen LogP contribution in [-0.2, 0) is 19.4 Å². The second kappa shape index (κ2) is 8.07. The van der Waals surface area contributed by atoms with Crippen LogP contribution in [0.3, 0.4) is 0 Å². The Morgan fingerprint density at radius 3 is 2.47 bits per heavy atom.